The number of hydrogen-bond donors (Lipinski definition) is 1. The largest absolute Gasteiger partial charge is 0.469 e. The monoisotopic (exact) mass is 435 g/mol. The number of pyridine rings is 1. The number of piperidine rings is 1. The Labute approximate surface area is 183 Å². The molecule has 0 saturated carbocycles. The topological polar surface area (TPSA) is 115 Å². The van der Waals surface area contributed by atoms with Crippen molar-refractivity contribution >= 4 is 23.7 Å². The molecule has 1 N–H and O–H groups in total. The summed E-state index contributed by atoms with van der Waals surface area (Å²) in [6, 6.07) is 8.37. The van der Waals surface area contributed by atoms with Crippen LogP contribution in [0.5, 0.6) is 5.88 Å². The predicted octanol–water partition coefficient (Wildman–Crippen LogP) is 1.97. The Balaban J connectivity index is 1.40. The van der Waals surface area contributed by atoms with Gasteiger partial charge in [0.2, 0.25) is 17.7 Å². The third-order valence-corrected chi connectivity index (χ3v) is 6.06. The molecule has 0 radical (unpaired) electrons. The summed E-state index contributed by atoms with van der Waals surface area (Å²) in [7, 11) is 0. The minimum atomic E-state index is -0.661. The molecule has 1 unspecified atom stereocenters. The van der Waals surface area contributed by atoms with E-state index in [1.165, 1.54) is 11.8 Å². The van der Waals surface area contributed by atoms with Crippen LogP contribution >= 0.6 is 0 Å². The third-order valence-electron chi connectivity index (χ3n) is 6.06. The highest BCUT2D eigenvalue weighted by molar-refractivity contribution is 6.05. The summed E-state index contributed by atoms with van der Waals surface area (Å²) >= 11 is 0. The second-order valence-corrected chi connectivity index (χ2v) is 8.15. The summed E-state index contributed by atoms with van der Waals surface area (Å²) in [5, 5.41) is 2.31. The van der Waals surface area contributed by atoms with Crippen molar-refractivity contribution in [3.8, 4) is 5.88 Å². The molecule has 9 nitrogen and oxygen atoms in total. The quantitative estimate of drug-likeness (QED) is 0.579. The number of hydrogen-bond acceptors (Lipinski definition) is 7. The lowest BCUT2D eigenvalue weighted by Crippen LogP contribution is -2.52. The molecule has 0 bridgehead atoms. The van der Waals surface area contributed by atoms with E-state index in [0.717, 1.165) is 16.7 Å². The Morgan fingerprint density at radius 2 is 2.09 bits per heavy atom. The Hall–Kier alpha value is -3.75. The fraction of sp³-hybridized carbons (Fsp3) is 0.348. The molecular weight excluding hydrogens is 414 g/mol. The molecule has 4 heterocycles. The summed E-state index contributed by atoms with van der Waals surface area (Å²) in [6.07, 6.45) is 1.67. The zero-order chi connectivity index (χ0) is 22.4. The summed E-state index contributed by atoms with van der Waals surface area (Å²) in [5.74, 6) is -0.953. The molecule has 164 valence electrons. The lowest BCUT2D eigenvalue weighted by molar-refractivity contribution is -0.149. The van der Waals surface area contributed by atoms with Crippen LogP contribution in [0.15, 0.2) is 36.5 Å². The van der Waals surface area contributed by atoms with Gasteiger partial charge in [0.05, 0.1) is 5.56 Å². The fourth-order valence-corrected chi connectivity index (χ4v) is 4.56. The van der Waals surface area contributed by atoms with E-state index in [4.69, 9.17) is 9.47 Å². The molecule has 1 aromatic carbocycles. The van der Waals surface area contributed by atoms with Gasteiger partial charge in [0, 0.05) is 38.1 Å². The highest BCUT2D eigenvalue weighted by Crippen LogP contribution is 2.42. The van der Waals surface area contributed by atoms with E-state index in [-0.39, 0.29) is 30.7 Å². The first-order valence-electron chi connectivity index (χ1n) is 10.5. The number of fused-ring (bicyclic) bond motifs is 2. The van der Waals surface area contributed by atoms with Gasteiger partial charge in [0.1, 0.15) is 18.2 Å². The first kappa shape index (κ1) is 20.2. The average Bonchev–Trinajstić information content (AvgIpc) is 3.09. The lowest BCUT2D eigenvalue weighted by atomic mass is 9.94. The first-order valence-corrected chi connectivity index (χ1v) is 10.5. The summed E-state index contributed by atoms with van der Waals surface area (Å²) in [5.41, 5.74) is 2.87. The number of carbonyl (C=O) groups excluding carboxylic acids is 4. The summed E-state index contributed by atoms with van der Waals surface area (Å²) in [6.45, 7) is 1.65. The van der Waals surface area contributed by atoms with Crippen LogP contribution < -0.4 is 10.1 Å². The molecule has 3 amide bonds. The number of aromatic nitrogens is 1. The first-order chi connectivity index (χ1) is 15.4. The summed E-state index contributed by atoms with van der Waals surface area (Å²) in [4.78, 5) is 54.0. The standard InChI is InChI=1S/C23H21N3O6/c1-12(27)31-19-10-18(32-22-16(19)3-2-8-24-22)13-4-5-15-14(9-13)11-26(23(15)30)17-6-7-20(28)25-21(17)29/h2-5,8-9,17-19H,6-7,10-11H2,1H3,(H,25,28,29)/t17-,18?,19+/m0/s1. The molecule has 1 aromatic heterocycles. The number of carbonyl (C=O) groups is 4. The lowest BCUT2D eigenvalue weighted by Gasteiger charge is -2.31. The Morgan fingerprint density at radius 1 is 1.25 bits per heavy atom. The van der Waals surface area contributed by atoms with Crippen molar-refractivity contribution in [3.05, 3.63) is 58.8 Å². The molecule has 9 heteroatoms. The predicted molar refractivity (Wildman–Crippen MR) is 109 cm³/mol. The van der Waals surface area contributed by atoms with E-state index in [1.54, 1.807) is 18.3 Å². The van der Waals surface area contributed by atoms with Gasteiger partial charge >= 0.3 is 5.97 Å². The van der Waals surface area contributed by atoms with Crippen molar-refractivity contribution in [2.45, 2.75) is 51.0 Å². The maximum Gasteiger partial charge on any atom is 0.303 e. The molecule has 2 aromatic rings. The molecule has 0 aliphatic carbocycles. The van der Waals surface area contributed by atoms with Crippen molar-refractivity contribution in [1.82, 2.24) is 15.2 Å². The molecule has 3 atom stereocenters. The van der Waals surface area contributed by atoms with Crippen molar-refractivity contribution in [2.75, 3.05) is 0 Å². The minimum Gasteiger partial charge on any atom is -0.469 e. The Kier molecular flexibility index (Phi) is 4.88. The number of nitrogens with one attached hydrogen (secondary N) is 1. The average molecular weight is 435 g/mol. The van der Waals surface area contributed by atoms with Gasteiger partial charge in [0.15, 0.2) is 0 Å². The molecule has 32 heavy (non-hydrogen) atoms. The minimum absolute atomic E-state index is 0.210. The van der Waals surface area contributed by atoms with Crippen molar-refractivity contribution < 1.29 is 28.7 Å². The van der Waals surface area contributed by atoms with Gasteiger partial charge in [-0.25, -0.2) is 4.98 Å². The Bertz CT molecular complexity index is 1150. The van der Waals surface area contributed by atoms with Crippen LogP contribution in [-0.2, 0) is 25.7 Å². The van der Waals surface area contributed by atoms with Crippen LogP contribution in [0.2, 0.25) is 0 Å². The number of benzene rings is 1. The number of amides is 3. The number of rotatable bonds is 3. The summed E-state index contributed by atoms with van der Waals surface area (Å²) < 4.78 is 11.6. The van der Waals surface area contributed by atoms with Gasteiger partial charge in [-0.2, -0.15) is 0 Å². The maximum atomic E-state index is 12.9. The van der Waals surface area contributed by atoms with Crippen molar-refractivity contribution in [2.24, 2.45) is 0 Å². The van der Waals surface area contributed by atoms with E-state index >= 15 is 0 Å². The second kappa shape index (κ2) is 7.74. The zero-order valence-corrected chi connectivity index (χ0v) is 17.4. The van der Waals surface area contributed by atoms with E-state index in [1.807, 2.05) is 18.2 Å². The van der Waals surface area contributed by atoms with Gasteiger partial charge in [-0.15, -0.1) is 0 Å². The van der Waals surface area contributed by atoms with Crippen LogP contribution in [0, 0.1) is 0 Å². The molecule has 1 saturated heterocycles. The van der Waals surface area contributed by atoms with Gasteiger partial charge < -0.3 is 14.4 Å². The van der Waals surface area contributed by atoms with Gasteiger partial charge in [-0.05, 0) is 41.8 Å². The molecule has 1 fully saturated rings. The van der Waals surface area contributed by atoms with Gasteiger partial charge in [0.25, 0.3) is 5.91 Å². The molecule has 3 aliphatic heterocycles. The van der Waals surface area contributed by atoms with Crippen LogP contribution in [0.25, 0.3) is 0 Å². The van der Waals surface area contributed by atoms with E-state index in [2.05, 4.69) is 10.3 Å². The fourth-order valence-electron chi connectivity index (χ4n) is 4.56. The van der Waals surface area contributed by atoms with Gasteiger partial charge in [-0.3, -0.25) is 24.5 Å². The van der Waals surface area contributed by atoms with E-state index in [9.17, 15) is 19.2 Å². The van der Waals surface area contributed by atoms with Crippen LogP contribution in [0.3, 0.4) is 0 Å². The van der Waals surface area contributed by atoms with Crippen molar-refractivity contribution in [3.63, 3.8) is 0 Å². The van der Waals surface area contributed by atoms with Crippen LogP contribution in [-0.4, -0.2) is 39.6 Å². The van der Waals surface area contributed by atoms with E-state index < -0.39 is 24.2 Å². The van der Waals surface area contributed by atoms with Gasteiger partial charge in [-0.1, -0.05) is 6.07 Å². The molecule has 5 rings (SSSR count). The van der Waals surface area contributed by atoms with Crippen LogP contribution in [0.4, 0.5) is 0 Å². The highest BCUT2D eigenvalue weighted by Gasteiger charge is 2.40. The number of nitrogens with zero attached hydrogens (tertiary/aromatic N) is 2. The maximum absolute atomic E-state index is 12.9. The molecular formula is C23H21N3O6. The normalized spacial score (nSPS) is 24.3. The highest BCUT2D eigenvalue weighted by atomic mass is 16.6. The van der Waals surface area contributed by atoms with Crippen molar-refractivity contribution in [1.29, 1.82) is 0 Å². The Morgan fingerprint density at radius 3 is 2.88 bits per heavy atom. The molecule has 0 spiro atoms. The smallest absolute Gasteiger partial charge is 0.303 e. The molecule has 3 aliphatic rings. The number of imide groups is 1. The second-order valence-electron chi connectivity index (χ2n) is 8.15. The third kappa shape index (κ3) is 3.49. The number of esters is 1. The SMILES string of the molecule is CC(=O)O[C@@H]1CC(c2ccc3c(c2)CN([C@H]2CCC(=O)NC2=O)C3=O)Oc2ncccc21. The van der Waals surface area contributed by atoms with Crippen LogP contribution in [0.1, 0.15) is 65.4 Å². The zero-order valence-electron chi connectivity index (χ0n) is 17.4. The van der Waals surface area contributed by atoms with E-state index in [0.29, 0.717) is 24.3 Å². The number of ether oxygens (including phenoxy) is 2.